The molecular formula is C7H11O4S2. The van der Waals surface area contributed by atoms with Crippen LogP contribution in [0.25, 0.3) is 0 Å². The molecular weight excluding hydrogens is 212 g/mol. The van der Waals surface area contributed by atoms with E-state index in [2.05, 4.69) is 13.2 Å². The Morgan fingerprint density at radius 2 is 1.15 bits per heavy atom. The second-order valence-corrected chi connectivity index (χ2v) is 6.42. The van der Waals surface area contributed by atoms with E-state index in [1.807, 2.05) is 0 Å². The molecule has 0 saturated heterocycles. The molecule has 0 saturated carbocycles. The van der Waals surface area contributed by atoms with E-state index in [1.54, 1.807) is 0 Å². The van der Waals surface area contributed by atoms with Gasteiger partial charge in [0.2, 0.25) is 0 Å². The Morgan fingerprint density at radius 3 is 1.38 bits per heavy atom. The molecule has 4 nitrogen and oxygen atoms in total. The van der Waals surface area contributed by atoms with Crippen molar-refractivity contribution in [1.82, 2.24) is 0 Å². The van der Waals surface area contributed by atoms with Crippen LogP contribution in [0.4, 0.5) is 0 Å². The van der Waals surface area contributed by atoms with Crippen molar-refractivity contribution in [3.05, 3.63) is 30.4 Å². The summed E-state index contributed by atoms with van der Waals surface area (Å²) in [6.45, 7) is 6.42. The second kappa shape index (κ2) is 4.57. The van der Waals surface area contributed by atoms with Gasteiger partial charge in [-0.05, 0) is 0 Å². The lowest BCUT2D eigenvalue weighted by Gasteiger charge is -1.99. The Kier molecular flexibility index (Phi) is 4.35. The summed E-state index contributed by atoms with van der Waals surface area (Å²) in [7, 11) is -7.38. The maximum atomic E-state index is 11.0. The van der Waals surface area contributed by atoms with Crippen LogP contribution in [0.15, 0.2) is 25.3 Å². The highest BCUT2D eigenvalue weighted by Crippen LogP contribution is 2.05. The lowest BCUT2D eigenvalue weighted by atomic mass is 10.8. The third-order valence-electron chi connectivity index (χ3n) is 0.994. The Morgan fingerprint density at radius 1 is 0.846 bits per heavy atom. The highest BCUT2D eigenvalue weighted by molar-refractivity contribution is 8.11. The van der Waals surface area contributed by atoms with Crippen LogP contribution in [0.3, 0.4) is 0 Å². The van der Waals surface area contributed by atoms with Crippen molar-refractivity contribution >= 4 is 19.7 Å². The van der Waals surface area contributed by atoms with E-state index >= 15 is 0 Å². The summed E-state index contributed by atoms with van der Waals surface area (Å²) in [5.74, 6) is -0.743. The molecule has 13 heavy (non-hydrogen) atoms. The van der Waals surface area contributed by atoms with E-state index in [4.69, 9.17) is 0 Å². The van der Waals surface area contributed by atoms with Gasteiger partial charge in [0.15, 0.2) is 24.8 Å². The first kappa shape index (κ1) is 12.4. The fourth-order valence-electron chi connectivity index (χ4n) is 0.630. The van der Waals surface area contributed by atoms with Crippen LogP contribution in [0.2, 0.25) is 0 Å². The minimum absolute atomic E-state index is 0.351. The number of rotatable bonds is 6. The predicted octanol–water partition coefficient (Wildman–Crippen LogP) is 0.307. The molecule has 0 fully saturated rings. The van der Waals surface area contributed by atoms with Crippen molar-refractivity contribution in [1.29, 1.82) is 0 Å². The molecule has 0 aliphatic carbocycles. The van der Waals surface area contributed by atoms with Gasteiger partial charge in [0.05, 0.1) is 11.5 Å². The Bertz CT molecular complexity index is 337. The van der Waals surface area contributed by atoms with E-state index in [0.717, 1.165) is 12.2 Å². The summed E-state index contributed by atoms with van der Waals surface area (Å²) in [5.41, 5.74) is 0. The summed E-state index contributed by atoms with van der Waals surface area (Å²) >= 11 is 0. The molecule has 0 rings (SSSR count). The predicted molar refractivity (Wildman–Crippen MR) is 52.3 cm³/mol. The zero-order valence-corrected chi connectivity index (χ0v) is 8.64. The second-order valence-electron chi connectivity index (χ2n) is 2.33. The molecule has 6 heteroatoms. The first-order chi connectivity index (χ1) is 5.83. The minimum Gasteiger partial charge on any atom is -0.227 e. The van der Waals surface area contributed by atoms with Gasteiger partial charge in [-0.2, -0.15) is 0 Å². The molecule has 0 aromatic carbocycles. The number of hydrogen-bond acceptors (Lipinski definition) is 4. The highest BCUT2D eigenvalue weighted by Gasteiger charge is 2.20. The molecule has 75 valence electrons. The van der Waals surface area contributed by atoms with Crippen LogP contribution >= 0.6 is 0 Å². The quantitative estimate of drug-likeness (QED) is 0.608. The Balaban J connectivity index is 4.62. The van der Waals surface area contributed by atoms with Crippen LogP contribution in [-0.4, -0.2) is 28.3 Å². The Labute approximate surface area is 78.8 Å². The van der Waals surface area contributed by atoms with Gasteiger partial charge >= 0.3 is 0 Å². The molecule has 0 bridgehead atoms. The molecule has 0 aromatic rings. The number of hydrogen-bond donors (Lipinski definition) is 0. The van der Waals surface area contributed by atoms with E-state index < -0.39 is 19.7 Å². The van der Waals surface area contributed by atoms with Gasteiger partial charge in [0.25, 0.3) is 0 Å². The van der Waals surface area contributed by atoms with Crippen LogP contribution in [0.5, 0.6) is 0 Å². The maximum absolute atomic E-state index is 11.0. The summed E-state index contributed by atoms with van der Waals surface area (Å²) in [6.07, 6.45) is 2.27. The highest BCUT2D eigenvalue weighted by atomic mass is 32.3. The maximum Gasteiger partial charge on any atom is 0.194 e. The molecule has 0 aliphatic rings. The van der Waals surface area contributed by atoms with Crippen LogP contribution in [-0.2, 0) is 19.7 Å². The van der Waals surface area contributed by atoms with Gasteiger partial charge < -0.3 is 0 Å². The molecule has 0 aromatic heterocycles. The van der Waals surface area contributed by atoms with E-state index in [1.165, 1.54) is 0 Å². The van der Waals surface area contributed by atoms with Crippen LogP contribution < -0.4 is 0 Å². The van der Waals surface area contributed by atoms with Crippen molar-refractivity contribution in [3.8, 4) is 0 Å². The lowest BCUT2D eigenvalue weighted by molar-refractivity contribution is 0.597. The monoisotopic (exact) mass is 223 g/mol. The van der Waals surface area contributed by atoms with E-state index in [0.29, 0.717) is 5.08 Å². The van der Waals surface area contributed by atoms with Gasteiger partial charge in [-0.25, -0.2) is 16.8 Å². The lowest BCUT2D eigenvalue weighted by Crippen LogP contribution is -2.14. The molecule has 0 heterocycles. The van der Waals surface area contributed by atoms with Gasteiger partial charge in [0, 0.05) is 0 Å². The molecule has 0 N–H and O–H groups in total. The van der Waals surface area contributed by atoms with Gasteiger partial charge in [-0.15, -0.1) is 13.2 Å². The van der Waals surface area contributed by atoms with E-state index in [9.17, 15) is 16.8 Å². The average Bonchev–Trinajstić information content (AvgIpc) is 1.82. The third kappa shape index (κ3) is 5.59. The zero-order valence-electron chi connectivity index (χ0n) is 7.01. The van der Waals surface area contributed by atoms with Gasteiger partial charge in [-0.1, -0.05) is 12.2 Å². The fraction of sp³-hybridized carbons (Fsp3) is 0.286. The van der Waals surface area contributed by atoms with Gasteiger partial charge in [0.1, 0.15) is 0 Å². The third-order valence-corrected chi connectivity index (χ3v) is 4.74. The van der Waals surface area contributed by atoms with Crippen molar-refractivity contribution in [3.63, 3.8) is 0 Å². The number of sulfone groups is 2. The fourth-order valence-corrected chi connectivity index (χ4v) is 3.70. The van der Waals surface area contributed by atoms with Crippen molar-refractivity contribution in [2.45, 2.75) is 0 Å². The topological polar surface area (TPSA) is 68.3 Å². The van der Waals surface area contributed by atoms with E-state index in [-0.39, 0.29) is 11.5 Å². The standard InChI is InChI=1S/C7H11O4S2/c1-3-5-12(8,9)7-13(10,11)6-4-2/h3-4,7H,1-2,5-6H2. The molecule has 0 aliphatic heterocycles. The van der Waals surface area contributed by atoms with Crippen molar-refractivity contribution < 1.29 is 16.8 Å². The van der Waals surface area contributed by atoms with Crippen molar-refractivity contribution in [2.75, 3.05) is 11.5 Å². The minimum atomic E-state index is -3.69. The van der Waals surface area contributed by atoms with Crippen molar-refractivity contribution in [2.24, 2.45) is 0 Å². The molecule has 1 radical (unpaired) electrons. The molecule has 0 amide bonds. The SMILES string of the molecule is C=CCS(=O)(=O)[CH]S(=O)(=O)CC=C. The molecule has 0 unspecified atom stereocenters. The summed E-state index contributed by atoms with van der Waals surface area (Å²) in [4.78, 5) is 0. The van der Waals surface area contributed by atoms with Crippen LogP contribution in [0, 0.1) is 5.08 Å². The van der Waals surface area contributed by atoms with Gasteiger partial charge in [-0.3, -0.25) is 0 Å². The first-order valence-corrected chi connectivity index (χ1v) is 6.78. The smallest absolute Gasteiger partial charge is 0.194 e. The molecule has 0 spiro atoms. The largest absolute Gasteiger partial charge is 0.227 e. The summed E-state index contributed by atoms with van der Waals surface area (Å²) in [5, 5.41) is 0.351. The average molecular weight is 223 g/mol. The first-order valence-electron chi connectivity index (χ1n) is 3.35. The summed E-state index contributed by atoms with van der Waals surface area (Å²) in [6, 6.07) is 0. The normalized spacial score (nSPS) is 12.3. The summed E-state index contributed by atoms with van der Waals surface area (Å²) < 4.78 is 43.9. The molecule has 0 atom stereocenters. The Hall–Kier alpha value is -0.620. The van der Waals surface area contributed by atoms with Crippen LogP contribution in [0.1, 0.15) is 0 Å². The zero-order chi connectivity index (χ0) is 10.5.